The number of likely N-dealkylation sites (tertiary alicyclic amines) is 1. The van der Waals surface area contributed by atoms with E-state index in [2.05, 4.69) is 15.1 Å². The Bertz CT molecular complexity index is 877. The molecule has 1 aliphatic heterocycles. The van der Waals surface area contributed by atoms with Crippen LogP contribution in [-0.4, -0.2) is 39.6 Å². The van der Waals surface area contributed by atoms with Gasteiger partial charge in [0.15, 0.2) is 0 Å². The van der Waals surface area contributed by atoms with E-state index in [0.29, 0.717) is 23.8 Å². The number of carbonyl (C=O) groups excluding carboxylic acids is 1. The summed E-state index contributed by atoms with van der Waals surface area (Å²) in [6.45, 7) is 0.667. The molecule has 25 heavy (non-hydrogen) atoms. The fraction of sp³-hybridized carbons (Fsp3) is 0.222. The van der Waals surface area contributed by atoms with Crippen molar-refractivity contribution in [3.05, 3.63) is 60.2 Å². The van der Waals surface area contributed by atoms with Gasteiger partial charge in [0, 0.05) is 30.1 Å². The predicted octanol–water partition coefficient (Wildman–Crippen LogP) is 2.73. The Labute approximate surface area is 144 Å². The summed E-state index contributed by atoms with van der Waals surface area (Å²) in [5.41, 5.74) is 1.39. The third-order valence-corrected chi connectivity index (χ3v) is 4.26. The van der Waals surface area contributed by atoms with Crippen LogP contribution in [0, 0.1) is 0 Å². The maximum absolute atomic E-state index is 12.7. The molecule has 0 bridgehead atoms. The molecule has 0 N–H and O–H groups in total. The quantitative estimate of drug-likeness (QED) is 0.729. The second-order valence-electron chi connectivity index (χ2n) is 5.73. The number of ether oxygens (including phenoxy) is 1. The van der Waals surface area contributed by atoms with Crippen LogP contribution in [0.2, 0.25) is 0 Å². The van der Waals surface area contributed by atoms with Gasteiger partial charge in [0.25, 0.3) is 5.91 Å². The van der Waals surface area contributed by atoms with E-state index in [0.717, 1.165) is 17.7 Å². The first kappa shape index (κ1) is 15.3. The third-order valence-electron chi connectivity index (χ3n) is 4.26. The lowest BCUT2D eigenvalue weighted by molar-refractivity contribution is 0.0379. The van der Waals surface area contributed by atoms with Crippen LogP contribution < -0.4 is 4.74 Å². The number of hydrogen-bond acceptors (Lipinski definition) is 6. The van der Waals surface area contributed by atoms with E-state index in [1.54, 1.807) is 48.7 Å². The van der Waals surface area contributed by atoms with Crippen LogP contribution in [0.4, 0.5) is 0 Å². The molecular weight excluding hydrogens is 320 g/mol. The molecule has 1 aromatic carbocycles. The summed E-state index contributed by atoms with van der Waals surface area (Å²) < 4.78 is 10.5. The van der Waals surface area contributed by atoms with Crippen LogP contribution in [0.25, 0.3) is 11.4 Å². The van der Waals surface area contributed by atoms with Gasteiger partial charge in [-0.25, -0.2) is 0 Å². The van der Waals surface area contributed by atoms with Gasteiger partial charge >= 0.3 is 0 Å². The molecule has 4 rings (SSSR count). The van der Waals surface area contributed by atoms with Gasteiger partial charge in [0.2, 0.25) is 11.7 Å². The molecule has 3 heterocycles. The minimum atomic E-state index is -0.187. The number of benzene rings is 1. The van der Waals surface area contributed by atoms with Crippen molar-refractivity contribution in [2.45, 2.75) is 12.5 Å². The van der Waals surface area contributed by atoms with Crippen molar-refractivity contribution >= 4 is 5.91 Å². The summed E-state index contributed by atoms with van der Waals surface area (Å²) in [6, 6.07) is 10.5. The van der Waals surface area contributed by atoms with E-state index in [4.69, 9.17) is 9.26 Å². The summed E-state index contributed by atoms with van der Waals surface area (Å²) in [6.07, 6.45) is 4.16. The van der Waals surface area contributed by atoms with Crippen molar-refractivity contribution in [1.29, 1.82) is 0 Å². The largest absolute Gasteiger partial charge is 0.497 e. The SMILES string of the molecule is COc1ccc(C(=O)N2CC[C@@H]2c2nc(-c3cccnc3)no2)cc1. The fourth-order valence-corrected chi connectivity index (χ4v) is 2.77. The van der Waals surface area contributed by atoms with Crippen molar-refractivity contribution < 1.29 is 14.1 Å². The van der Waals surface area contributed by atoms with Gasteiger partial charge < -0.3 is 14.2 Å². The topological polar surface area (TPSA) is 81.4 Å². The Hall–Kier alpha value is -3.22. The Kier molecular flexibility index (Phi) is 3.89. The van der Waals surface area contributed by atoms with E-state index in [1.807, 2.05) is 12.1 Å². The first-order valence-corrected chi connectivity index (χ1v) is 7.95. The van der Waals surface area contributed by atoms with Crippen molar-refractivity contribution in [3.8, 4) is 17.1 Å². The van der Waals surface area contributed by atoms with Crippen LogP contribution in [0.5, 0.6) is 5.75 Å². The number of aromatic nitrogens is 3. The summed E-state index contributed by atoms with van der Waals surface area (Å²) in [5.74, 6) is 1.59. The van der Waals surface area contributed by atoms with Gasteiger partial charge in [-0.15, -0.1) is 0 Å². The summed E-state index contributed by atoms with van der Waals surface area (Å²) >= 11 is 0. The van der Waals surface area contributed by atoms with E-state index >= 15 is 0 Å². The van der Waals surface area contributed by atoms with E-state index in [9.17, 15) is 4.79 Å². The number of hydrogen-bond donors (Lipinski definition) is 0. The second kappa shape index (κ2) is 6.35. The molecule has 1 saturated heterocycles. The zero-order valence-electron chi connectivity index (χ0n) is 13.6. The van der Waals surface area contributed by atoms with Crippen LogP contribution in [0.3, 0.4) is 0 Å². The average molecular weight is 336 g/mol. The number of methoxy groups -OCH3 is 1. The normalized spacial score (nSPS) is 16.4. The maximum atomic E-state index is 12.7. The van der Waals surface area contributed by atoms with Gasteiger partial charge in [0.1, 0.15) is 11.8 Å². The molecule has 1 fully saturated rings. The lowest BCUT2D eigenvalue weighted by atomic mass is 10.0. The molecule has 0 spiro atoms. The minimum Gasteiger partial charge on any atom is -0.497 e. The molecule has 1 aliphatic rings. The molecule has 0 unspecified atom stereocenters. The first-order valence-electron chi connectivity index (χ1n) is 7.95. The molecule has 1 amide bonds. The molecule has 0 aliphatic carbocycles. The highest BCUT2D eigenvalue weighted by Gasteiger charge is 2.37. The maximum Gasteiger partial charge on any atom is 0.254 e. The molecule has 7 nitrogen and oxygen atoms in total. The molecule has 1 atom stereocenters. The molecule has 3 aromatic rings. The highest BCUT2D eigenvalue weighted by atomic mass is 16.5. The number of carbonyl (C=O) groups is 1. The second-order valence-corrected chi connectivity index (χ2v) is 5.73. The minimum absolute atomic E-state index is 0.0555. The summed E-state index contributed by atoms with van der Waals surface area (Å²) in [7, 11) is 1.59. The Morgan fingerprint density at radius 1 is 1.28 bits per heavy atom. The van der Waals surface area contributed by atoms with E-state index < -0.39 is 0 Å². The zero-order chi connectivity index (χ0) is 17.2. The van der Waals surface area contributed by atoms with Gasteiger partial charge in [-0.3, -0.25) is 9.78 Å². The first-order chi connectivity index (χ1) is 12.3. The van der Waals surface area contributed by atoms with Crippen molar-refractivity contribution in [2.75, 3.05) is 13.7 Å². The number of pyridine rings is 1. The van der Waals surface area contributed by atoms with E-state index in [1.165, 1.54) is 0 Å². The zero-order valence-corrected chi connectivity index (χ0v) is 13.6. The van der Waals surface area contributed by atoms with Gasteiger partial charge in [-0.2, -0.15) is 4.98 Å². The Morgan fingerprint density at radius 2 is 2.12 bits per heavy atom. The van der Waals surface area contributed by atoms with Crippen molar-refractivity contribution in [3.63, 3.8) is 0 Å². The number of nitrogens with zero attached hydrogens (tertiary/aromatic N) is 4. The predicted molar refractivity (Wildman–Crippen MR) is 88.9 cm³/mol. The van der Waals surface area contributed by atoms with Crippen LogP contribution in [0.15, 0.2) is 53.3 Å². The summed E-state index contributed by atoms with van der Waals surface area (Å²) in [4.78, 5) is 22.9. The number of rotatable bonds is 4. The molecule has 0 radical (unpaired) electrons. The van der Waals surface area contributed by atoms with Gasteiger partial charge in [0.05, 0.1) is 7.11 Å². The van der Waals surface area contributed by atoms with Crippen LogP contribution >= 0.6 is 0 Å². The molecule has 7 heteroatoms. The lowest BCUT2D eigenvalue weighted by Gasteiger charge is -2.38. The highest BCUT2D eigenvalue weighted by molar-refractivity contribution is 5.95. The smallest absolute Gasteiger partial charge is 0.254 e. The molecular formula is C18H16N4O3. The van der Waals surface area contributed by atoms with Crippen LogP contribution in [-0.2, 0) is 0 Å². The number of amides is 1. The van der Waals surface area contributed by atoms with Gasteiger partial charge in [-0.05, 0) is 42.8 Å². The monoisotopic (exact) mass is 336 g/mol. The molecule has 126 valence electrons. The highest BCUT2D eigenvalue weighted by Crippen LogP contribution is 2.34. The van der Waals surface area contributed by atoms with Crippen molar-refractivity contribution in [2.24, 2.45) is 0 Å². The van der Waals surface area contributed by atoms with Crippen LogP contribution in [0.1, 0.15) is 28.7 Å². The Morgan fingerprint density at radius 3 is 2.76 bits per heavy atom. The fourth-order valence-electron chi connectivity index (χ4n) is 2.77. The van der Waals surface area contributed by atoms with E-state index in [-0.39, 0.29) is 11.9 Å². The summed E-state index contributed by atoms with van der Waals surface area (Å²) in [5, 5.41) is 4.00. The standard InChI is InChI=1S/C18H16N4O3/c1-24-14-6-4-12(5-7-14)18(23)22-10-8-15(22)17-20-16(21-25-17)13-3-2-9-19-11-13/h2-7,9,11,15H,8,10H2,1H3/t15-/m1/s1. The van der Waals surface area contributed by atoms with Crippen molar-refractivity contribution in [1.82, 2.24) is 20.0 Å². The van der Waals surface area contributed by atoms with Gasteiger partial charge in [-0.1, -0.05) is 5.16 Å². The molecule has 2 aromatic heterocycles. The Balaban J connectivity index is 1.52. The third kappa shape index (κ3) is 2.84. The average Bonchev–Trinajstić information content (AvgIpc) is 3.11. The lowest BCUT2D eigenvalue weighted by Crippen LogP contribution is -2.45. The molecule has 0 saturated carbocycles.